The molecule has 13 nitrogen and oxygen atoms in total. The van der Waals surface area contributed by atoms with Gasteiger partial charge in [0.15, 0.2) is 5.52 Å². The number of benzene rings is 2. The number of pyridine rings is 2. The molecule has 266 valence electrons. The quantitative estimate of drug-likeness (QED) is 0.120. The molecule has 0 fully saturated rings. The highest BCUT2D eigenvalue weighted by Crippen LogP contribution is 2.34. The lowest BCUT2D eigenvalue weighted by Gasteiger charge is -2.07. The van der Waals surface area contributed by atoms with Gasteiger partial charge in [0.25, 0.3) is 0 Å². The van der Waals surface area contributed by atoms with Crippen LogP contribution in [0.5, 0.6) is 0 Å². The monoisotopic (exact) mass is 708 g/mol. The Morgan fingerprint density at radius 1 is 0.736 bits per heavy atom. The lowest BCUT2D eigenvalue weighted by atomic mass is 10.1. The minimum absolute atomic E-state index is 0.00115. The van der Waals surface area contributed by atoms with Gasteiger partial charge in [0.05, 0.1) is 39.2 Å². The molecule has 0 spiro atoms. The van der Waals surface area contributed by atoms with Crippen LogP contribution in [0.15, 0.2) is 107 Å². The number of rotatable bonds is 8. The Bertz CT molecular complexity index is 2560. The minimum atomic E-state index is -0.396. The SMILES string of the molecule is CC(=O)Nc1cn(Cc2ccccc2)c2cc(-c3c(C)noc3C)cnc12.Cc1noc(C)c1-c1cnc2c([N+](=O)[O-])cn(Cc3ccccc3)c2c1. The Morgan fingerprint density at radius 3 is 1.66 bits per heavy atom. The first-order valence-electron chi connectivity index (χ1n) is 16.9. The molecule has 53 heavy (non-hydrogen) atoms. The fourth-order valence-corrected chi connectivity index (χ4v) is 6.61. The van der Waals surface area contributed by atoms with Crippen LogP contribution in [0.4, 0.5) is 11.4 Å². The van der Waals surface area contributed by atoms with E-state index in [9.17, 15) is 14.9 Å². The fourth-order valence-electron chi connectivity index (χ4n) is 6.61. The first kappa shape index (κ1) is 34.6. The molecular weight excluding hydrogens is 672 g/mol. The maximum absolute atomic E-state index is 11.6. The molecule has 2 aromatic carbocycles. The number of amides is 1. The number of hydrogen-bond acceptors (Lipinski definition) is 9. The number of carbonyl (C=O) groups excluding carboxylic acids is 1. The van der Waals surface area contributed by atoms with E-state index >= 15 is 0 Å². The van der Waals surface area contributed by atoms with Gasteiger partial charge in [-0.05, 0) is 51.0 Å². The Balaban J connectivity index is 0.000000164. The maximum Gasteiger partial charge on any atom is 0.312 e. The number of carbonyl (C=O) groups is 1. The molecule has 1 N–H and O–H groups in total. The van der Waals surface area contributed by atoms with Crippen molar-refractivity contribution in [2.75, 3.05) is 5.32 Å². The van der Waals surface area contributed by atoms with E-state index in [1.807, 2.05) is 93.1 Å². The molecule has 6 heterocycles. The number of anilines is 1. The smallest absolute Gasteiger partial charge is 0.312 e. The molecule has 0 aliphatic heterocycles. The van der Waals surface area contributed by atoms with Crippen LogP contribution in [-0.2, 0) is 17.9 Å². The van der Waals surface area contributed by atoms with E-state index in [-0.39, 0.29) is 11.6 Å². The molecule has 6 aromatic heterocycles. The number of nitro groups is 1. The maximum atomic E-state index is 11.6. The number of fused-ring (bicyclic) bond motifs is 2. The number of aryl methyl sites for hydroxylation is 4. The molecule has 0 radical (unpaired) electrons. The molecule has 0 saturated carbocycles. The van der Waals surface area contributed by atoms with Gasteiger partial charge in [-0.25, -0.2) is 4.98 Å². The highest BCUT2D eigenvalue weighted by molar-refractivity contribution is 6.00. The van der Waals surface area contributed by atoms with Gasteiger partial charge in [-0.1, -0.05) is 71.0 Å². The first-order chi connectivity index (χ1) is 25.6. The number of aromatic nitrogens is 6. The topological polar surface area (TPSA) is 160 Å². The Morgan fingerprint density at radius 2 is 1.21 bits per heavy atom. The molecule has 1 amide bonds. The van der Waals surface area contributed by atoms with Gasteiger partial charge < -0.3 is 23.5 Å². The van der Waals surface area contributed by atoms with E-state index in [0.29, 0.717) is 35.6 Å². The summed E-state index contributed by atoms with van der Waals surface area (Å²) in [6, 6.07) is 24.0. The molecule has 0 aliphatic carbocycles. The standard InChI is InChI=1S/C21H20N4O2.C19H16N4O3/c1-13-20(14(2)27-24-13)17-9-19-21(22-10-17)18(23-15(3)26)12-25(19)11-16-7-5-4-6-8-16;1-12-18(13(2)26-21-12)15-8-16-19(20-9-15)17(23(24)25)11-22(16)10-14-6-4-3-5-7-14/h4-10,12H,11H2,1-3H3,(H,23,26);3-9,11H,10H2,1-2H3. The Hall–Kier alpha value is -6.89. The summed E-state index contributed by atoms with van der Waals surface area (Å²) in [7, 11) is 0. The summed E-state index contributed by atoms with van der Waals surface area (Å²) in [5, 5.41) is 22.3. The van der Waals surface area contributed by atoms with Crippen molar-refractivity contribution < 1.29 is 18.8 Å². The highest BCUT2D eigenvalue weighted by atomic mass is 16.6. The summed E-state index contributed by atoms with van der Waals surface area (Å²) in [5.41, 5.74) is 10.9. The predicted molar refractivity (Wildman–Crippen MR) is 201 cm³/mol. The highest BCUT2D eigenvalue weighted by Gasteiger charge is 2.22. The van der Waals surface area contributed by atoms with Gasteiger partial charge >= 0.3 is 5.69 Å². The Kier molecular flexibility index (Phi) is 9.38. The van der Waals surface area contributed by atoms with Gasteiger partial charge in [0.1, 0.15) is 17.0 Å². The average molecular weight is 709 g/mol. The molecule has 0 aliphatic rings. The largest absolute Gasteiger partial charge is 0.361 e. The second-order valence-electron chi connectivity index (χ2n) is 12.8. The molecular formula is C40H36N8O5. The van der Waals surface area contributed by atoms with E-state index in [4.69, 9.17) is 9.05 Å². The lowest BCUT2D eigenvalue weighted by Crippen LogP contribution is -2.05. The van der Waals surface area contributed by atoms with Crippen molar-refractivity contribution >= 4 is 39.3 Å². The van der Waals surface area contributed by atoms with Gasteiger partial charge in [0.2, 0.25) is 5.91 Å². The number of hydrogen-bond donors (Lipinski definition) is 1. The molecule has 8 aromatic rings. The van der Waals surface area contributed by atoms with Crippen LogP contribution in [0.3, 0.4) is 0 Å². The van der Waals surface area contributed by atoms with Gasteiger partial charge in [-0.3, -0.25) is 19.9 Å². The van der Waals surface area contributed by atoms with Crippen LogP contribution in [-0.4, -0.2) is 40.2 Å². The van der Waals surface area contributed by atoms with Crippen molar-refractivity contribution in [2.45, 2.75) is 47.7 Å². The number of nitrogens with one attached hydrogen (secondary N) is 1. The third kappa shape index (κ3) is 7.04. The summed E-state index contributed by atoms with van der Waals surface area (Å²) in [5.74, 6) is 1.33. The van der Waals surface area contributed by atoms with Crippen molar-refractivity contribution in [2.24, 2.45) is 0 Å². The molecule has 0 atom stereocenters. The summed E-state index contributed by atoms with van der Waals surface area (Å²) < 4.78 is 14.5. The van der Waals surface area contributed by atoms with Crippen LogP contribution in [0, 0.1) is 37.8 Å². The van der Waals surface area contributed by atoms with Gasteiger partial charge in [0, 0.05) is 60.9 Å². The molecule has 0 saturated heterocycles. The van der Waals surface area contributed by atoms with Crippen LogP contribution < -0.4 is 5.32 Å². The zero-order valence-corrected chi connectivity index (χ0v) is 29.8. The fraction of sp³-hybridized carbons (Fsp3) is 0.175. The van der Waals surface area contributed by atoms with E-state index in [1.165, 1.54) is 12.5 Å². The third-order valence-corrected chi connectivity index (χ3v) is 8.96. The van der Waals surface area contributed by atoms with Crippen molar-refractivity contribution in [1.82, 2.24) is 29.4 Å². The van der Waals surface area contributed by atoms with Gasteiger partial charge in [-0.15, -0.1) is 0 Å². The lowest BCUT2D eigenvalue weighted by molar-refractivity contribution is -0.383. The Labute approximate surface area is 304 Å². The zero-order chi connectivity index (χ0) is 37.2. The zero-order valence-electron chi connectivity index (χ0n) is 29.8. The van der Waals surface area contributed by atoms with Gasteiger partial charge in [-0.2, -0.15) is 0 Å². The van der Waals surface area contributed by atoms with Crippen molar-refractivity contribution in [3.63, 3.8) is 0 Å². The summed E-state index contributed by atoms with van der Waals surface area (Å²) >= 11 is 0. The first-order valence-corrected chi connectivity index (χ1v) is 16.9. The van der Waals surface area contributed by atoms with Crippen LogP contribution >= 0.6 is 0 Å². The average Bonchev–Trinajstić information content (AvgIpc) is 3.88. The van der Waals surface area contributed by atoms with Crippen LogP contribution in [0.2, 0.25) is 0 Å². The molecule has 0 unspecified atom stereocenters. The second-order valence-corrected chi connectivity index (χ2v) is 12.8. The summed E-state index contributed by atoms with van der Waals surface area (Å²) in [6.07, 6.45) is 6.91. The molecule has 8 rings (SSSR count). The normalized spacial score (nSPS) is 11.1. The van der Waals surface area contributed by atoms with E-state index in [1.54, 1.807) is 18.6 Å². The minimum Gasteiger partial charge on any atom is -0.361 e. The van der Waals surface area contributed by atoms with Crippen molar-refractivity contribution in [3.05, 3.63) is 142 Å². The summed E-state index contributed by atoms with van der Waals surface area (Å²) in [6.45, 7) is 10.2. The molecule has 13 heteroatoms. The van der Waals surface area contributed by atoms with Crippen molar-refractivity contribution in [1.29, 1.82) is 0 Å². The van der Waals surface area contributed by atoms with E-state index in [2.05, 4.69) is 48.4 Å². The number of nitrogens with zero attached hydrogens (tertiary/aromatic N) is 7. The third-order valence-electron chi connectivity index (χ3n) is 8.96. The summed E-state index contributed by atoms with van der Waals surface area (Å²) in [4.78, 5) is 31.6. The van der Waals surface area contributed by atoms with E-state index in [0.717, 1.165) is 56.0 Å². The van der Waals surface area contributed by atoms with E-state index < -0.39 is 4.92 Å². The van der Waals surface area contributed by atoms with Crippen molar-refractivity contribution in [3.8, 4) is 22.3 Å². The predicted octanol–water partition coefficient (Wildman–Crippen LogP) is 8.58. The van der Waals surface area contributed by atoms with Crippen LogP contribution in [0.25, 0.3) is 44.3 Å². The van der Waals surface area contributed by atoms with Crippen LogP contribution in [0.1, 0.15) is 41.0 Å². The molecule has 0 bridgehead atoms. The second kappa shape index (κ2) is 14.4.